The molecule has 0 atom stereocenters. The van der Waals surface area contributed by atoms with Crippen LogP contribution >= 0.6 is 0 Å². The van der Waals surface area contributed by atoms with Crippen molar-refractivity contribution in [1.82, 2.24) is 0 Å². The van der Waals surface area contributed by atoms with Gasteiger partial charge in [-0.2, -0.15) is 0 Å². The summed E-state index contributed by atoms with van der Waals surface area (Å²) in [6.07, 6.45) is 0. The number of hydrogen-bond acceptors (Lipinski definition) is 0. The van der Waals surface area contributed by atoms with E-state index in [0.717, 1.165) is 24.9 Å². The summed E-state index contributed by atoms with van der Waals surface area (Å²) in [5, 5.41) is 0. The van der Waals surface area contributed by atoms with Gasteiger partial charge in [0.25, 0.3) is 0 Å². The minimum atomic E-state index is 0. The van der Waals surface area contributed by atoms with Gasteiger partial charge in [-0.15, -0.1) is 0 Å². The molecule has 0 aliphatic rings. The van der Waals surface area contributed by atoms with E-state index < -0.39 is 0 Å². The molecule has 0 aromatic rings. The van der Waals surface area contributed by atoms with E-state index in [0.29, 0.717) is 0 Å². The smallest absolute Gasteiger partial charge is 0.373 e. The Morgan fingerprint density at radius 2 is 0.609 bits per heavy atom. The first-order valence-electron chi connectivity index (χ1n) is 5.73. The third kappa shape index (κ3) is 2180. The molecule has 0 spiro atoms. The van der Waals surface area contributed by atoms with Crippen LogP contribution in [-0.2, 0) is 17.1 Å². The van der Waals surface area contributed by atoms with Crippen molar-refractivity contribution in [3.05, 3.63) is 63.9 Å². The Morgan fingerprint density at radius 3 is 0.609 bits per heavy atom. The molecule has 0 aromatic carbocycles. The fourth-order valence-electron chi connectivity index (χ4n) is 0. The molecule has 0 saturated heterocycles. The molecule has 1 radical (unpaired) electrons. The van der Waals surface area contributed by atoms with Gasteiger partial charge < -0.3 is 55.7 Å². The molecular formula is C8H24CuN14. The maximum absolute atomic E-state index is 6.75. The monoisotopic (exact) mass is 379 g/mol. The topological polar surface area (TPSA) is 290 Å². The molecule has 0 bridgehead atoms. The normalized spacial score (nSPS) is 5.57. The summed E-state index contributed by atoms with van der Waals surface area (Å²) in [6, 6.07) is 0. The van der Waals surface area contributed by atoms with Crippen molar-refractivity contribution in [3.8, 4) is 0 Å². The standard InChI is InChI=1S/2C4H11N.Cu.4N3/c2*1-4(2)3-5;;4*1-3-2/h2*4H,3,5H2,1-2H3;;;;;/q;;+2;4*-1/p+2. The molecule has 0 aliphatic heterocycles. The van der Waals surface area contributed by atoms with Gasteiger partial charge in [-0.25, -0.2) is 0 Å². The molecule has 0 aliphatic carbocycles. The molecule has 23 heavy (non-hydrogen) atoms. The third-order valence-electron chi connectivity index (χ3n) is 1.15. The van der Waals surface area contributed by atoms with Crippen molar-refractivity contribution < 1.29 is 28.5 Å². The van der Waals surface area contributed by atoms with Crippen LogP contribution in [0.25, 0.3) is 63.9 Å². The van der Waals surface area contributed by atoms with Gasteiger partial charge in [0.2, 0.25) is 0 Å². The molecule has 0 heterocycles. The Hall–Kier alpha value is -2.32. The van der Waals surface area contributed by atoms with Gasteiger partial charge in [0.15, 0.2) is 0 Å². The van der Waals surface area contributed by atoms with Crippen molar-refractivity contribution in [2.24, 2.45) is 11.8 Å². The first kappa shape index (κ1) is 42.8. The second-order valence-corrected chi connectivity index (χ2v) is 3.72. The Morgan fingerprint density at radius 1 is 0.565 bits per heavy atom. The van der Waals surface area contributed by atoms with Crippen LogP contribution < -0.4 is 11.5 Å². The van der Waals surface area contributed by atoms with Gasteiger partial charge >= 0.3 is 17.1 Å². The van der Waals surface area contributed by atoms with Gasteiger partial charge in [0.1, 0.15) is 0 Å². The van der Waals surface area contributed by atoms with Crippen LogP contribution in [0.4, 0.5) is 0 Å². The molecule has 0 saturated carbocycles. The number of hydrogen-bond donors (Lipinski definition) is 2. The molecular weight excluding hydrogens is 356 g/mol. The Labute approximate surface area is 145 Å². The number of nitrogens with zero attached hydrogens (tertiary/aromatic N) is 12. The minimum Gasteiger partial charge on any atom is -0.373 e. The van der Waals surface area contributed by atoms with Crippen molar-refractivity contribution in [3.63, 3.8) is 0 Å². The molecule has 0 unspecified atom stereocenters. The molecule has 0 fully saturated rings. The van der Waals surface area contributed by atoms with Crippen LogP contribution in [0.2, 0.25) is 0 Å². The van der Waals surface area contributed by atoms with Gasteiger partial charge in [-0.1, -0.05) is 27.7 Å². The summed E-state index contributed by atoms with van der Waals surface area (Å²) in [4.78, 5) is 6.00. The van der Waals surface area contributed by atoms with Crippen molar-refractivity contribution in [2.75, 3.05) is 13.1 Å². The predicted octanol–water partition coefficient (Wildman–Crippen LogP) is 3.23. The van der Waals surface area contributed by atoms with Crippen LogP contribution in [0.15, 0.2) is 0 Å². The molecule has 0 rings (SSSR count). The fourth-order valence-corrected chi connectivity index (χ4v) is 0. The Bertz CT molecular complexity index is 247. The van der Waals surface area contributed by atoms with Crippen LogP contribution in [0.1, 0.15) is 27.7 Å². The first-order valence-corrected chi connectivity index (χ1v) is 5.73. The van der Waals surface area contributed by atoms with E-state index in [9.17, 15) is 0 Å². The quantitative estimate of drug-likeness (QED) is 0.302. The summed E-state index contributed by atoms with van der Waals surface area (Å²) < 4.78 is 0. The average Bonchev–Trinajstić information content (AvgIpc) is 2.43. The second kappa shape index (κ2) is 73.3. The van der Waals surface area contributed by atoms with Gasteiger partial charge in [0.05, 0.1) is 13.1 Å². The third-order valence-corrected chi connectivity index (χ3v) is 1.15. The zero-order chi connectivity index (χ0) is 19.4. The average molecular weight is 380 g/mol. The predicted molar refractivity (Wildman–Crippen MR) is 85.5 cm³/mol. The summed E-state index contributed by atoms with van der Waals surface area (Å²) in [7, 11) is 0. The minimum absolute atomic E-state index is 0. The van der Waals surface area contributed by atoms with E-state index >= 15 is 0 Å². The summed E-state index contributed by atoms with van der Waals surface area (Å²) >= 11 is 0. The summed E-state index contributed by atoms with van der Waals surface area (Å²) in [6.45, 7) is 10.8. The Kier molecular flexibility index (Phi) is 136. The molecule has 137 valence electrons. The molecule has 6 N–H and O–H groups in total. The first-order chi connectivity index (χ1) is 10.2. The van der Waals surface area contributed by atoms with Crippen molar-refractivity contribution in [1.29, 1.82) is 0 Å². The van der Waals surface area contributed by atoms with E-state index in [1.54, 1.807) is 0 Å². The zero-order valence-electron chi connectivity index (χ0n) is 13.7. The molecule has 0 aromatic heterocycles. The largest absolute Gasteiger partial charge is 2.00 e. The van der Waals surface area contributed by atoms with E-state index in [2.05, 4.69) is 39.2 Å². The van der Waals surface area contributed by atoms with E-state index in [1.807, 2.05) is 0 Å². The fraction of sp³-hybridized carbons (Fsp3) is 1.00. The summed E-state index contributed by atoms with van der Waals surface area (Å²) in [5.41, 5.74) is 61.4. The molecule has 0 amide bonds. The SMILES string of the molecule is CC(C)C[NH3+].CC(C)C[NH3+].[Cu+2].[N-]=[N+]=[N-].[N-]=[N+]=[N-].[N-]=[N+]=[N-].[N-]=[N+]=[N-]. The van der Waals surface area contributed by atoms with Gasteiger partial charge in [-0.05, 0) is 0 Å². The zero-order valence-corrected chi connectivity index (χ0v) is 14.6. The van der Waals surface area contributed by atoms with E-state index in [1.165, 1.54) is 19.6 Å². The van der Waals surface area contributed by atoms with Crippen LogP contribution in [0.3, 0.4) is 0 Å². The molecule has 15 heteroatoms. The summed E-state index contributed by atoms with van der Waals surface area (Å²) in [5.74, 6) is 1.55. The van der Waals surface area contributed by atoms with E-state index in [-0.39, 0.29) is 17.1 Å². The number of rotatable bonds is 2. The van der Waals surface area contributed by atoms with Crippen molar-refractivity contribution >= 4 is 0 Å². The second-order valence-electron chi connectivity index (χ2n) is 3.72. The maximum Gasteiger partial charge on any atom is 2.00 e. The number of quaternary nitrogens is 2. The molecule has 14 nitrogen and oxygen atoms in total. The maximum atomic E-state index is 6.75. The van der Waals surface area contributed by atoms with Crippen LogP contribution in [-0.4, -0.2) is 13.1 Å². The van der Waals surface area contributed by atoms with E-state index in [4.69, 9.17) is 44.2 Å². The van der Waals surface area contributed by atoms with Gasteiger partial charge in [-0.3, -0.25) is 19.6 Å². The van der Waals surface area contributed by atoms with Gasteiger partial charge in [0, 0.05) is 11.8 Å². The van der Waals surface area contributed by atoms with Crippen LogP contribution in [0.5, 0.6) is 0 Å². The van der Waals surface area contributed by atoms with Crippen molar-refractivity contribution in [2.45, 2.75) is 27.7 Å². The van der Waals surface area contributed by atoms with Crippen LogP contribution in [0, 0.1) is 11.8 Å². The Balaban J connectivity index is -0.0000000270.